The van der Waals surface area contributed by atoms with Crippen LogP contribution in [0.1, 0.15) is 41.8 Å². The standard InChI is InChI=1S/C24H28O6/c1-14(2)30-20-12-15(10-11-19(20)26-3)22(25)16-8-7-9-17-18(16)13-21(27-4)24(29-6)23(17)28-5/h8,10-14H,7,9H2,1-6H3. The van der Waals surface area contributed by atoms with E-state index in [4.69, 9.17) is 23.7 Å². The predicted octanol–water partition coefficient (Wildman–Crippen LogP) is 4.72. The smallest absolute Gasteiger partial charge is 0.203 e. The van der Waals surface area contributed by atoms with Crippen molar-refractivity contribution in [2.75, 3.05) is 28.4 Å². The summed E-state index contributed by atoms with van der Waals surface area (Å²) in [7, 11) is 6.31. The van der Waals surface area contributed by atoms with Crippen molar-refractivity contribution in [2.45, 2.75) is 32.8 Å². The third-order valence-corrected chi connectivity index (χ3v) is 5.00. The Kier molecular flexibility index (Phi) is 6.55. The van der Waals surface area contributed by atoms with Crippen molar-refractivity contribution in [2.24, 2.45) is 0 Å². The average Bonchev–Trinajstić information content (AvgIpc) is 2.76. The van der Waals surface area contributed by atoms with Crippen molar-refractivity contribution in [3.63, 3.8) is 0 Å². The van der Waals surface area contributed by atoms with Gasteiger partial charge in [-0.2, -0.15) is 0 Å². The maximum Gasteiger partial charge on any atom is 0.203 e. The van der Waals surface area contributed by atoms with Crippen molar-refractivity contribution in [1.29, 1.82) is 0 Å². The fraction of sp³-hybridized carbons (Fsp3) is 0.375. The quantitative estimate of drug-likeness (QED) is 0.585. The van der Waals surface area contributed by atoms with Crippen LogP contribution in [0.4, 0.5) is 0 Å². The van der Waals surface area contributed by atoms with Crippen LogP contribution in [0.5, 0.6) is 28.7 Å². The van der Waals surface area contributed by atoms with Crippen LogP contribution in [0, 0.1) is 0 Å². The van der Waals surface area contributed by atoms with Crippen molar-refractivity contribution in [1.82, 2.24) is 0 Å². The average molecular weight is 412 g/mol. The zero-order valence-corrected chi connectivity index (χ0v) is 18.3. The molecule has 0 unspecified atom stereocenters. The van der Waals surface area contributed by atoms with Gasteiger partial charge >= 0.3 is 0 Å². The second-order valence-electron chi connectivity index (χ2n) is 7.19. The molecule has 6 nitrogen and oxygen atoms in total. The second-order valence-corrected chi connectivity index (χ2v) is 7.19. The molecule has 0 heterocycles. The molecule has 2 aromatic rings. The Balaban J connectivity index is 2.09. The van der Waals surface area contributed by atoms with Gasteiger partial charge in [-0.3, -0.25) is 4.79 Å². The Hall–Kier alpha value is -3.15. The van der Waals surface area contributed by atoms with E-state index in [9.17, 15) is 4.79 Å². The summed E-state index contributed by atoms with van der Waals surface area (Å²) in [6, 6.07) is 7.08. The number of ether oxygens (including phenoxy) is 5. The van der Waals surface area contributed by atoms with E-state index in [-0.39, 0.29) is 11.9 Å². The summed E-state index contributed by atoms with van der Waals surface area (Å²) in [6.07, 6.45) is 3.40. The zero-order valence-electron chi connectivity index (χ0n) is 18.3. The minimum absolute atomic E-state index is 0.0418. The first-order chi connectivity index (χ1) is 14.4. The summed E-state index contributed by atoms with van der Waals surface area (Å²) in [4.78, 5) is 13.5. The molecule has 1 aliphatic carbocycles. The number of carbonyl (C=O) groups excluding carboxylic acids is 1. The molecule has 0 saturated carbocycles. The van der Waals surface area contributed by atoms with Gasteiger partial charge in [-0.1, -0.05) is 6.08 Å². The van der Waals surface area contributed by atoms with E-state index in [1.54, 1.807) is 46.6 Å². The van der Waals surface area contributed by atoms with E-state index < -0.39 is 0 Å². The third-order valence-electron chi connectivity index (χ3n) is 5.00. The van der Waals surface area contributed by atoms with E-state index >= 15 is 0 Å². The molecular formula is C24H28O6. The van der Waals surface area contributed by atoms with Crippen molar-refractivity contribution in [3.05, 3.63) is 47.0 Å². The molecule has 6 heteroatoms. The molecule has 0 N–H and O–H groups in total. The van der Waals surface area contributed by atoms with E-state index in [2.05, 4.69) is 0 Å². The van der Waals surface area contributed by atoms with Gasteiger partial charge in [0.05, 0.1) is 34.5 Å². The van der Waals surface area contributed by atoms with E-state index in [1.807, 2.05) is 26.0 Å². The molecule has 30 heavy (non-hydrogen) atoms. The number of Topliss-reactive ketones (excluding diaryl/α,β-unsaturated/α-hetero) is 1. The molecule has 0 amide bonds. The number of hydrogen-bond acceptors (Lipinski definition) is 6. The molecule has 0 radical (unpaired) electrons. The Morgan fingerprint density at radius 3 is 2.17 bits per heavy atom. The highest BCUT2D eigenvalue weighted by Gasteiger charge is 2.28. The number of methoxy groups -OCH3 is 4. The Morgan fingerprint density at radius 1 is 0.867 bits per heavy atom. The van der Waals surface area contributed by atoms with Gasteiger partial charge in [0, 0.05) is 16.7 Å². The Bertz CT molecular complexity index is 974. The number of ketones is 1. The minimum atomic E-state index is -0.0958. The summed E-state index contributed by atoms with van der Waals surface area (Å²) < 4.78 is 27.8. The Labute approximate surface area is 177 Å². The lowest BCUT2D eigenvalue weighted by Crippen LogP contribution is -2.12. The number of benzene rings is 2. The van der Waals surface area contributed by atoms with Crippen LogP contribution in [-0.2, 0) is 6.42 Å². The third kappa shape index (κ3) is 3.95. The molecule has 2 aromatic carbocycles. The van der Waals surface area contributed by atoms with Crippen LogP contribution in [0.3, 0.4) is 0 Å². The van der Waals surface area contributed by atoms with Gasteiger partial charge in [0.2, 0.25) is 5.75 Å². The maximum absolute atomic E-state index is 13.5. The number of fused-ring (bicyclic) bond motifs is 1. The van der Waals surface area contributed by atoms with Gasteiger partial charge in [0.25, 0.3) is 0 Å². The molecule has 0 aromatic heterocycles. The van der Waals surface area contributed by atoms with Crippen LogP contribution in [-0.4, -0.2) is 40.3 Å². The zero-order chi connectivity index (χ0) is 21.8. The molecule has 0 spiro atoms. The largest absolute Gasteiger partial charge is 0.493 e. The summed E-state index contributed by atoms with van der Waals surface area (Å²) in [5.74, 6) is 2.69. The molecule has 0 fully saturated rings. The first-order valence-corrected chi connectivity index (χ1v) is 9.86. The summed E-state index contributed by atoms with van der Waals surface area (Å²) in [6.45, 7) is 3.86. The fourth-order valence-corrected chi connectivity index (χ4v) is 3.71. The monoisotopic (exact) mass is 412 g/mol. The molecule has 0 atom stereocenters. The van der Waals surface area contributed by atoms with Gasteiger partial charge in [0.1, 0.15) is 0 Å². The minimum Gasteiger partial charge on any atom is -0.493 e. The Morgan fingerprint density at radius 2 is 1.57 bits per heavy atom. The maximum atomic E-state index is 13.5. The van der Waals surface area contributed by atoms with E-state index in [0.717, 1.165) is 24.0 Å². The van der Waals surface area contributed by atoms with Crippen molar-refractivity contribution in [3.8, 4) is 28.7 Å². The number of rotatable bonds is 8. The van der Waals surface area contributed by atoms with E-state index in [0.29, 0.717) is 39.9 Å². The number of carbonyl (C=O) groups is 1. The van der Waals surface area contributed by atoms with Crippen molar-refractivity contribution >= 4 is 11.4 Å². The number of hydrogen-bond donors (Lipinski definition) is 0. The normalized spacial score (nSPS) is 12.7. The summed E-state index contributed by atoms with van der Waals surface area (Å²) in [5, 5.41) is 0. The van der Waals surface area contributed by atoms with Gasteiger partial charge < -0.3 is 23.7 Å². The first-order valence-electron chi connectivity index (χ1n) is 9.86. The SMILES string of the molecule is COc1ccc(C(=O)C2=CCCc3c2cc(OC)c(OC)c3OC)cc1OC(C)C. The molecule has 3 rings (SSSR count). The van der Waals surface area contributed by atoms with Gasteiger partial charge in [0.15, 0.2) is 28.8 Å². The molecule has 0 bridgehead atoms. The highest BCUT2D eigenvalue weighted by atomic mass is 16.5. The van der Waals surface area contributed by atoms with Gasteiger partial charge in [-0.15, -0.1) is 0 Å². The molecule has 1 aliphatic rings. The van der Waals surface area contributed by atoms with Gasteiger partial charge in [-0.25, -0.2) is 0 Å². The number of allylic oxidation sites excluding steroid dienone is 2. The first kappa shape index (κ1) is 21.6. The van der Waals surface area contributed by atoms with Crippen molar-refractivity contribution < 1.29 is 28.5 Å². The van der Waals surface area contributed by atoms with Crippen LogP contribution in [0.15, 0.2) is 30.3 Å². The predicted molar refractivity (Wildman–Crippen MR) is 115 cm³/mol. The van der Waals surface area contributed by atoms with Crippen LogP contribution >= 0.6 is 0 Å². The lowest BCUT2D eigenvalue weighted by Gasteiger charge is -2.23. The van der Waals surface area contributed by atoms with Gasteiger partial charge in [-0.05, 0) is 56.5 Å². The summed E-state index contributed by atoms with van der Waals surface area (Å²) >= 11 is 0. The highest BCUT2D eigenvalue weighted by molar-refractivity contribution is 6.29. The fourth-order valence-electron chi connectivity index (χ4n) is 3.71. The lowest BCUT2D eigenvalue weighted by molar-refractivity contribution is 0.105. The molecular weight excluding hydrogens is 384 g/mol. The van der Waals surface area contributed by atoms with E-state index in [1.165, 1.54) is 0 Å². The molecule has 160 valence electrons. The highest BCUT2D eigenvalue weighted by Crippen LogP contribution is 2.46. The molecule has 0 aliphatic heterocycles. The lowest BCUT2D eigenvalue weighted by atomic mass is 9.85. The topological polar surface area (TPSA) is 63.2 Å². The van der Waals surface area contributed by atoms with Crippen LogP contribution in [0.25, 0.3) is 5.57 Å². The summed E-state index contributed by atoms with van der Waals surface area (Å²) in [5.41, 5.74) is 2.87. The van der Waals surface area contributed by atoms with Crippen LogP contribution < -0.4 is 23.7 Å². The second kappa shape index (κ2) is 9.11. The molecule has 0 saturated heterocycles. The van der Waals surface area contributed by atoms with Crippen LogP contribution in [0.2, 0.25) is 0 Å².